The third-order valence-corrected chi connectivity index (χ3v) is 11.5. The summed E-state index contributed by atoms with van der Waals surface area (Å²) in [6.45, 7) is 11.2. The monoisotopic (exact) mass is 634 g/mol. The largest absolute Gasteiger partial charge is 0.390 e. The average molecular weight is 635 g/mol. The Hall–Kier alpha value is -2.50. The van der Waals surface area contributed by atoms with E-state index in [2.05, 4.69) is 20.9 Å². The van der Waals surface area contributed by atoms with Gasteiger partial charge in [-0.2, -0.15) is 0 Å². The SMILES string of the molecule is CCC(=O)N[C@H](C(=O)N[C@@H](Cc1ccccc1)[C@H](O)CN1C[C@H]2CCCC[C@H]2C[C@H]1C(=O)NC(C)(C)C)C(C)(C)S(C)(=O)=O. The van der Waals surface area contributed by atoms with Crippen molar-refractivity contribution in [2.45, 2.75) is 121 Å². The first kappa shape index (κ1) is 36.0. The standard InChI is InChI=1S/C33H54N4O6S/c1-8-28(39)35-29(33(5,6)44(7,42)43)31(41)34-25(18-22-14-10-9-11-15-22)27(38)21-37-20-24-17-13-12-16-23(24)19-26(37)30(40)36-32(2,3)4/h9-11,14-15,23-27,29,38H,8,12-13,16-21H2,1-7H3,(H,34,41)(H,35,39)(H,36,40)/t23-,24+,25-,26-,27+,29+/m0/s1. The minimum absolute atomic E-state index is 0.0605. The molecule has 1 saturated heterocycles. The van der Waals surface area contributed by atoms with E-state index >= 15 is 0 Å². The van der Waals surface area contributed by atoms with Gasteiger partial charge in [-0.15, -0.1) is 0 Å². The predicted octanol–water partition coefficient (Wildman–Crippen LogP) is 2.59. The summed E-state index contributed by atoms with van der Waals surface area (Å²) in [6, 6.07) is 6.83. The van der Waals surface area contributed by atoms with Crippen molar-refractivity contribution < 1.29 is 27.9 Å². The van der Waals surface area contributed by atoms with Crippen LogP contribution in [0.2, 0.25) is 0 Å². The van der Waals surface area contributed by atoms with E-state index in [1.807, 2.05) is 51.1 Å². The average Bonchev–Trinajstić information content (AvgIpc) is 2.93. The molecule has 0 unspecified atom stereocenters. The number of hydrogen-bond acceptors (Lipinski definition) is 7. The number of carbonyl (C=O) groups is 3. The van der Waals surface area contributed by atoms with Crippen LogP contribution in [0.25, 0.3) is 0 Å². The van der Waals surface area contributed by atoms with E-state index in [1.165, 1.54) is 20.3 Å². The van der Waals surface area contributed by atoms with Crippen molar-refractivity contribution >= 4 is 27.6 Å². The van der Waals surface area contributed by atoms with Gasteiger partial charge in [-0.3, -0.25) is 19.3 Å². The number of fused-ring (bicyclic) bond motifs is 1. The Bertz CT molecular complexity index is 1250. The summed E-state index contributed by atoms with van der Waals surface area (Å²) in [6.07, 6.45) is 5.57. The summed E-state index contributed by atoms with van der Waals surface area (Å²) in [7, 11) is -3.77. The number of rotatable bonds is 12. The molecule has 0 aromatic heterocycles. The summed E-state index contributed by atoms with van der Waals surface area (Å²) in [5.74, 6) is -0.287. The number of β-amino-alcohol motifs (C(OH)–C–C–N with tert-alkyl or cyclic N) is 1. The molecule has 11 heteroatoms. The molecule has 1 heterocycles. The first-order valence-corrected chi connectivity index (χ1v) is 17.9. The maximum Gasteiger partial charge on any atom is 0.244 e. The molecule has 3 rings (SSSR count). The highest BCUT2D eigenvalue weighted by atomic mass is 32.2. The first-order valence-electron chi connectivity index (χ1n) is 16.0. The number of aliphatic hydroxyl groups is 1. The summed E-state index contributed by atoms with van der Waals surface area (Å²) in [5.41, 5.74) is 0.472. The zero-order chi connectivity index (χ0) is 32.9. The van der Waals surface area contributed by atoms with Crippen molar-refractivity contribution in [3.05, 3.63) is 35.9 Å². The Kier molecular flexibility index (Phi) is 12.0. The fraction of sp³-hybridized carbons (Fsp3) is 0.727. The maximum atomic E-state index is 13.8. The van der Waals surface area contributed by atoms with Crippen molar-refractivity contribution in [3.63, 3.8) is 0 Å². The van der Waals surface area contributed by atoms with Crippen LogP contribution in [-0.4, -0.2) is 90.0 Å². The van der Waals surface area contributed by atoms with Crippen LogP contribution in [-0.2, 0) is 30.6 Å². The van der Waals surface area contributed by atoms with Gasteiger partial charge in [0.15, 0.2) is 9.84 Å². The molecule has 4 N–H and O–H groups in total. The second-order valence-electron chi connectivity index (χ2n) is 14.4. The van der Waals surface area contributed by atoms with Crippen molar-refractivity contribution in [2.24, 2.45) is 11.8 Å². The lowest BCUT2D eigenvalue weighted by Crippen LogP contribution is -2.64. The molecule has 2 fully saturated rings. The lowest BCUT2D eigenvalue weighted by Gasteiger charge is -2.47. The van der Waals surface area contributed by atoms with Crippen LogP contribution in [0.1, 0.15) is 85.6 Å². The molecule has 1 aromatic rings. The van der Waals surface area contributed by atoms with Gasteiger partial charge in [0.25, 0.3) is 0 Å². The normalized spacial score (nSPS) is 23.5. The quantitative estimate of drug-likeness (QED) is 0.277. The number of amides is 3. The Morgan fingerprint density at radius 1 is 1.00 bits per heavy atom. The van der Waals surface area contributed by atoms with Gasteiger partial charge < -0.3 is 21.1 Å². The van der Waals surface area contributed by atoms with Crippen molar-refractivity contribution in [1.82, 2.24) is 20.9 Å². The highest BCUT2D eigenvalue weighted by molar-refractivity contribution is 7.92. The molecule has 1 aromatic carbocycles. The molecule has 1 aliphatic carbocycles. The number of carbonyl (C=O) groups excluding carboxylic acids is 3. The predicted molar refractivity (Wildman–Crippen MR) is 173 cm³/mol. The summed E-state index contributed by atoms with van der Waals surface area (Å²) in [4.78, 5) is 41.8. The van der Waals surface area contributed by atoms with Gasteiger partial charge >= 0.3 is 0 Å². The highest BCUT2D eigenvalue weighted by Crippen LogP contribution is 2.39. The van der Waals surface area contributed by atoms with E-state index in [-0.39, 0.29) is 25.3 Å². The van der Waals surface area contributed by atoms with Gasteiger partial charge in [0.05, 0.1) is 22.9 Å². The summed E-state index contributed by atoms with van der Waals surface area (Å²) in [5, 5.41) is 20.4. The molecule has 10 nitrogen and oxygen atoms in total. The number of aliphatic hydroxyl groups excluding tert-OH is 1. The Morgan fingerprint density at radius 3 is 2.18 bits per heavy atom. The van der Waals surface area contributed by atoms with Gasteiger partial charge in [0.1, 0.15) is 6.04 Å². The van der Waals surface area contributed by atoms with E-state index in [0.29, 0.717) is 18.4 Å². The van der Waals surface area contributed by atoms with E-state index in [9.17, 15) is 27.9 Å². The lowest BCUT2D eigenvalue weighted by atomic mass is 9.72. The van der Waals surface area contributed by atoms with Crippen molar-refractivity contribution in [3.8, 4) is 0 Å². The smallest absolute Gasteiger partial charge is 0.244 e. The molecule has 6 atom stereocenters. The minimum atomic E-state index is -3.77. The summed E-state index contributed by atoms with van der Waals surface area (Å²) < 4.78 is 23.9. The van der Waals surface area contributed by atoms with Crippen molar-refractivity contribution in [2.75, 3.05) is 19.3 Å². The zero-order valence-corrected chi connectivity index (χ0v) is 28.4. The number of piperidine rings is 1. The molecule has 1 saturated carbocycles. The molecule has 0 bridgehead atoms. The Labute approximate surface area is 264 Å². The van der Waals surface area contributed by atoms with Crippen LogP contribution in [0, 0.1) is 11.8 Å². The van der Waals surface area contributed by atoms with Gasteiger partial charge in [-0.25, -0.2) is 8.42 Å². The zero-order valence-electron chi connectivity index (χ0n) is 27.6. The second kappa shape index (κ2) is 14.7. The van der Waals surface area contributed by atoms with E-state index in [1.54, 1.807) is 6.92 Å². The number of nitrogens with one attached hydrogen (secondary N) is 3. The molecule has 0 spiro atoms. The molecule has 2 aliphatic rings. The van der Waals surface area contributed by atoms with E-state index in [4.69, 9.17) is 0 Å². The Morgan fingerprint density at radius 2 is 1.61 bits per heavy atom. The fourth-order valence-electron chi connectivity index (χ4n) is 6.44. The first-order chi connectivity index (χ1) is 20.4. The lowest BCUT2D eigenvalue weighted by molar-refractivity contribution is -0.133. The van der Waals surface area contributed by atoms with Crippen LogP contribution < -0.4 is 16.0 Å². The highest BCUT2D eigenvalue weighted by Gasteiger charge is 2.46. The van der Waals surface area contributed by atoms with Crippen LogP contribution in [0.15, 0.2) is 30.3 Å². The van der Waals surface area contributed by atoms with Crippen molar-refractivity contribution in [1.29, 1.82) is 0 Å². The second-order valence-corrected chi connectivity index (χ2v) is 16.9. The topological polar surface area (TPSA) is 145 Å². The third kappa shape index (κ3) is 9.50. The number of nitrogens with zero attached hydrogens (tertiary/aromatic N) is 1. The van der Waals surface area contributed by atoms with Gasteiger partial charge in [-0.05, 0) is 71.3 Å². The molecule has 44 heavy (non-hydrogen) atoms. The maximum absolute atomic E-state index is 13.8. The minimum Gasteiger partial charge on any atom is -0.390 e. The number of sulfone groups is 1. The number of likely N-dealkylation sites (tertiary alicyclic amines) is 1. The molecular formula is C33H54N4O6S. The summed E-state index contributed by atoms with van der Waals surface area (Å²) >= 11 is 0. The van der Waals surface area contributed by atoms with Crippen LogP contribution in [0.4, 0.5) is 0 Å². The molecular weight excluding hydrogens is 580 g/mol. The van der Waals surface area contributed by atoms with Crippen LogP contribution in [0.5, 0.6) is 0 Å². The van der Waals surface area contributed by atoms with Crippen LogP contribution >= 0.6 is 0 Å². The molecule has 1 aliphatic heterocycles. The van der Waals surface area contributed by atoms with E-state index in [0.717, 1.165) is 37.5 Å². The fourth-order valence-corrected chi connectivity index (χ4v) is 7.04. The van der Waals surface area contributed by atoms with Gasteiger partial charge in [-0.1, -0.05) is 56.5 Å². The van der Waals surface area contributed by atoms with Gasteiger partial charge in [0, 0.05) is 31.3 Å². The molecule has 3 amide bonds. The number of benzene rings is 1. The van der Waals surface area contributed by atoms with E-state index < -0.39 is 56.2 Å². The molecule has 248 valence electrons. The van der Waals surface area contributed by atoms with Gasteiger partial charge in [0.2, 0.25) is 17.7 Å². The number of hydrogen-bond donors (Lipinski definition) is 4. The Balaban J connectivity index is 1.91. The molecule has 0 radical (unpaired) electrons. The van der Waals surface area contributed by atoms with Crippen LogP contribution in [0.3, 0.4) is 0 Å². The third-order valence-electron chi connectivity index (χ3n) is 9.35.